The molecule has 0 N–H and O–H groups in total. The van der Waals surface area contributed by atoms with E-state index in [4.69, 9.17) is 0 Å². The summed E-state index contributed by atoms with van der Waals surface area (Å²) in [5, 5.41) is 0. The molecule has 0 bridgehead atoms. The third-order valence-corrected chi connectivity index (χ3v) is 0. The average molecular weight is 527 g/mol. The molecule has 0 saturated carbocycles. The van der Waals surface area contributed by atoms with Crippen molar-refractivity contribution in [2.75, 3.05) is 0 Å². The van der Waals surface area contributed by atoms with Crippen LogP contribution in [0.1, 0.15) is 0 Å². The van der Waals surface area contributed by atoms with Gasteiger partial charge in [-0.25, -0.2) is 0 Å². The van der Waals surface area contributed by atoms with Crippen molar-refractivity contribution in [1.29, 1.82) is 0 Å². The van der Waals surface area contributed by atoms with Gasteiger partial charge in [0.1, 0.15) is 0 Å². The van der Waals surface area contributed by atoms with Gasteiger partial charge in [0.15, 0.2) is 0 Å². The molecular formula is In2Nb2O7-8. The second-order valence-corrected chi connectivity index (χ2v) is 0. The van der Waals surface area contributed by atoms with Crippen molar-refractivity contribution in [2.24, 2.45) is 0 Å². The van der Waals surface area contributed by atoms with E-state index in [1.54, 1.807) is 0 Å². The maximum atomic E-state index is 0. The first-order valence-corrected chi connectivity index (χ1v) is 0. The van der Waals surface area contributed by atoms with Gasteiger partial charge in [-0.3, -0.25) is 0 Å². The Bertz CT molecular complexity index is 14.4. The van der Waals surface area contributed by atoms with Crippen molar-refractivity contribution in [3.05, 3.63) is 0 Å². The van der Waals surface area contributed by atoms with E-state index in [1.807, 2.05) is 0 Å². The Morgan fingerprint density at radius 3 is 0.273 bits per heavy atom. The zero-order chi connectivity index (χ0) is 0. The van der Waals surface area contributed by atoms with Crippen LogP contribution in [0.3, 0.4) is 0 Å². The summed E-state index contributed by atoms with van der Waals surface area (Å²) in [6, 6.07) is 0. The normalized spacial score (nSPS) is 0. The first kappa shape index (κ1) is 270. The van der Waals surface area contributed by atoms with E-state index in [0.717, 1.165) is 0 Å². The van der Waals surface area contributed by atoms with Crippen LogP contribution in [0, 0.1) is 0 Å². The third-order valence-electron chi connectivity index (χ3n) is 0. The van der Waals surface area contributed by atoms with Gasteiger partial charge in [-0.2, -0.15) is 0 Å². The van der Waals surface area contributed by atoms with Gasteiger partial charge in [0, 0.05) is 44.8 Å². The number of hydrogen-bond acceptors (Lipinski definition) is 0. The van der Waals surface area contributed by atoms with E-state index < -0.39 is 0 Å². The first-order valence-electron chi connectivity index (χ1n) is 0. The van der Waals surface area contributed by atoms with Gasteiger partial charge in [0.2, 0.25) is 0 Å². The Kier molecular flexibility index (Phi) is 5240. The minimum Gasteiger partial charge on any atom is -2.00 e. The van der Waals surface area contributed by atoms with Gasteiger partial charge in [0.25, 0.3) is 0 Å². The molecule has 0 saturated heterocycles. The van der Waals surface area contributed by atoms with E-state index in [0.29, 0.717) is 0 Å². The van der Waals surface area contributed by atoms with Crippen LogP contribution in [0.15, 0.2) is 0 Å². The fraction of sp³-hybridized carbons (Fsp3) is 0. The molecule has 7 nitrogen and oxygen atoms in total. The molecule has 0 spiro atoms. The smallest absolute Gasteiger partial charge is 2.00 e. The molecule has 0 aliphatic carbocycles. The molecule has 11 heavy (non-hydrogen) atoms. The van der Waals surface area contributed by atoms with Crippen LogP contribution in [-0.2, 0) is 83.1 Å². The summed E-state index contributed by atoms with van der Waals surface area (Å²) in [6.45, 7) is 0. The quantitative estimate of drug-likeness (QED) is 0.327. The Labute approximate surface area is 133 Å². The fourth-order valence-electron chi connectivity index (χ4n) is 0. The zero-order valence-corrected chi connectivity index (χ0v) is 15.9. The van der Waals surface area contributed by atoms with Crippen molar-refractivity contribution in [3.63, 3.8) is 0 Å². The standard InChI is InChI=1S/2In.2Nb.7O/q2*+3;;;7*-2. The van der Waals surface area contributed by atoms with Gasteiger partial charge < -0.3 is 38.3 Å². The van der Waals surface area contributed by atoms with Gasteiger partial charge in [-0.05, 0) is 0 Å². The predicted octanol–water partition coefficient (Wildman–Crippen LogP) is -1.60. The molecule has 0 aromatic carbocycles. The van der Waals surface area contributed by atoms with Gasteiger partial charge in [0.05, 0.1) is 0 Å². The van der Waals surface area contributed by atoms with Crippen LogP contribution in [0.4, 0.5) is 0 Å². The SMILES string of the molecule is [In+3].[In+3].[Nb].[Nb].[O-2].[O-2].[O-2].[O-2].[O-2].[O-2].[O-2]. The van der Waals surface area contributed by atoms with Crippen LogP contribution in [0.2, 0.25) is 0 Å². The summed E-state index contributed by atoms with van der Waals surface area (Å²) >= 11 is 0. The summed E-state index contributed by atoms with van der Waals surface area (Å²) in [5.41, 5.74) is 0. The first-order chi connectivity index (χ1) is 0. The average Bonchev–Trinajstić information content (AvgIpc) is 0. The minimum absolute atomic E-state index is 0. The second-order valence-electron chi connectivity index (χ2n) is 0. The van der Waals surface area contributed by atoms with Crippen LogP contribution in [-0.4, -0.2) is 51.7 Å². The maximum absolute atomic E-state index is 0. The molecule has 0 heterocycles. The molecule has 0 aromatic rings. The molecule has 0 atom stereocenters. The third kappa shape index (κ3) is 179. The number of rotatable bonds is 0. The second kappa shape index (κ2) is 213. The monoisotopic (exact) mass is 528 g/mol. The Hall–Kier alpha value is 2.94. The number of hydrogen-bond donors (Lipinski definition) is 0. The van der Waals surface area contributed by atoms with Gasteiger partial charge in [-0.15, -0.1) is 0 Å². The molecule has 66 valence electrons. The van der Waals surface area contributed by atoms with Crippen molar-refractivity contribution in [2.45, 2.75) is 0 Å². The summed E-state index contributed by atoms with van der Waals surface area (Å²) in [7, 11) is 0. The Balaban J connectivity index is 0. The summed E-state index contributed by atoms with van der Waals surface area (Å²) in [5.74, 6) is 0. The largest absolute Gasteiger partial charge is 3.00 e. The van der Waals surface area contributed by atoms with Crippen molar-refractivity contribution >= 4 is 51.7 Å². The van der Waals surface area contributed by atoms with E-state index in [1.165, 1.54) is 0 Å². The minimum atomic E-state index is 0. The van der Waals surface area contributed by atoms with E-state index >= 15 is 0 Å². The van der Waals surface area contributed by atoms with Gasteiger partial charge in [-0.1, -0.05) is 0 Å². The van der Waals surface area contributed by atoms with Crippen molar-refractivity contribution < 1.29 is 83.1 Å². The van der Waals surface area contributed by atoms with Crippen LogP contribution in [0.25, 0.3) is 0 Å². The van der Waals surface area contributed by atoms with E-state index in [-0.39, 0.29) is 135 Å². The van der Waals surface area contributed by atoms with E-state index in [9.17, 15) is 0 Å². The van der Waals surface area contributed by atoms with Gasteiger partial charge >= 0.3 is 51.7 Å². The van der Waals surface area contributed by atoms with Crippen molar-refractivity contribution in [3.8, 4) is 0 Å². The Morgan fingerprint density at radius 1 is 0.273 bits per heavy atom. The fourth-order valence-corrected chi connectivity index (χ4v) is 0. The molecule has 0 fully saturated rings. The molecule has 0 aliphatic rings. The molecule has 11 heteroatoms. The maximum Gasteiger partial charge on any atom is 3.00 e. The van der Waals surface area contributed by atoms with Crippen molar-refractivity contribution in [1.82, 2.24) is 0 Å². The molecular weight excluding hydrogens is 527 g/mol. The Morgan fingerprint density at radius 2 is 0.273 bits per heavy atom. The molecule has 2 radical (unpaired) electrons. The van der Waals surface area contributed by atoms with E-state index in [2.05, 4.69) is 0 Å². The predicted molar refractivity (Wildman–Crippen MR) is 16.3 cm³/mol. The molecule has 0 rings (SSSR count). The zero-order valence-electron chi connectivity index (χ0n) is 4.91. The molecule has 0 aliphatic heterocycles. The molecule has 0 aromatic heterocycles. The topological polar surface area (TPSA) is 200 Å². The molecule has 0 unspecified atom stereocenters. The summed E-state index contributed by atoms with van der Waals surface area (Å²) in [4.78, 5) is 0. The van der Waals surface area contributed by atoms with Crippen LogP contribution < -0.4 is 0 Å². The summed E-state index contributed by atoms with van der Waals surface area (Å²) in [6.07, 6.45) is 0. The van der Waals surface area contributed by atoms with Crippen LogP contribution >= 0.6 is 0 Å². The van der Waals surface area contributed by atoms with Crippen LogP contribution in [0.5, 0.6) is 0 Å². The summed E-state index contributed by atoms with van der Waals surface area (Å²) < 4.78 is 0. The molecule has 0 amide bonds.